The molecule has 0 radical (unpaired) electrons. The Morgan fingerprint density at radius 3 is 2.03 bits per heavy atom. The molecule has 0 fully saturated rings. The molecular formula is C33H19N3. The second kappa shape index (κ2) is 6.41. The van der Waals surface area contributed by atoms with Crippen molar-refractivity contribution >= 4 is 65.7 Å². The molecule has 3 heterocycles. The smallest absolute Gasteiger partial charge is 0.220 e. The molecule has 0 amide bonds. The summed E-state index contributed by atoms with van der Waals surface area (Å²) in [4.78, 5) is 5.10. The quantitative estimate of drug-likeness (QED) is 0.242. The Balaban J connectivity index is 1.51. The molecule has 0 aliphatic rings. The molecule has 0 atom stereocenters. The number of fused-ring (bicyclic) bond motifs is 10. The van der Waals surface area contributed by atoms with Gasteiger partial charge in [-0.15, -0.1) is 0 Å². The van der Waals surface area contributed by atoms with E-state index in [1.54, 1.807) is 0 Å². The summed E-state index contributed by atoms with van der Waals surface area (Å²) in [6, 6.07) is 41.8. The summed E-state index contributed by atoms with van der Waals surface area (Å²) in [5.41, 5.74) is 8.24. The van der Waals surface area contributed by atoms with Gasteiger partial charge in [0.2, 0.25) is 5.78 Å². The van der Waals surface area contributed by atoms with Crippen molar-refractivity contribution in [1.29, 1.82) is 0 Å². The van der Waals surface area contributed by atoms with Crippen molar-refractivity contribution in [3.63, 3.8) is 0 Å². The van der Waals surface area contributed by atoms with Crippen LogP contribution in [0.15, 0.2) is 115 Å². The van der Waals surface area contributed by atoms with Crippen LogP contribution in [-0.2, 0) is 0 Å². The summed E-state index contributed by atoms with van der Waals surface area (Å²) in [5, 5.41) is 7.56. The first-order valence-corrected chi connectivity index (χ1v) is 12.3. The SMILES string of the molecule is c1ccc2cc(-c3cc4c5cc6ccccc6cc5n5c4c(c3)n3c4ccccc4nc35)ccc2c1. The summed E-state index contributed by atoms with van der Waals surface area (Å²) in [5.74, 6) is 0.970. The number of hydrogen-bond donors (Lipinski definition) is 0. The van der Waals surface area contributed by atoms with Crippen molar-refractivity contribution in [2.24, 2.45) is 0 Å². The maximum Gasteiger partial charge on any atom is 0.220 e. The number of nitrogens with zero attached hydrogens (tertiary/aromatic N) is 3. The molecule has 9 rings (SSSR count). The molecule has 0 aliphatic heterocycles. The van der Waals surface area contributed by atoms with E-state index >= 15 is 0 Å². The average Bonchev–Trinajstić information content (AvgIpc) is 3.56. The van der Waals surface area contributed by atoms with Crippen molar-refractivity contribution < 1.29 is 0 Å². The zero-order valence-corrected chi connectivity index (χ0v) is 19.3. The minimum atomic E-state index is 0.970. The predicted molar refractivity (Wildman–Crippen MR) is 150 cm³/mol. The highest BCUT2D eigenvalue weighted by Gasteiger charge is 2.22. The van der Waals surface area contributed by atoms with Gasteiger partial charge in [0.1, 0.15) is 0 Å². The summed E-state index contributed by atoms with van der Waals surface area (Å²) in [6.07, 6.45) is 0. The van der Waals surface area contributed by atoms with Crippen molar-refractivity contribution in [3.8, 4) is 11.1 Å². The third kappa shape index (κ3) is 2.25. The van der Waals surface area contributed by atoms with E-state index in [9.17, 15) is 0 Å². The third-order valence-corrected chi connectivity index (χ3v) is 7.78. The molecule has 0 saturated heterocycles. The number of para-hydroxylation sites is 2. The first-order valence-electron chi connectivity index (χ1n) is 12.3. The van der Waals surface area contributed by atoms with Crippen molar-refractivity contribution in [3.05, 3.63) is 115 Å². The minimum absolute atomic E-state index is 0.970. The van der Waals surface area contributed by atoms with Crippen LogP contribution in [0, 0.1) is 0 Å². The van der Waals surface area contributed by atoms with E-state index in [1.165, 1.54) is 60.0 Å². The van der Waals surface area contributed by atoms with Crippen molar-refractivity contribution in [1.82, 2.24) is 13.8 Å². The van der Waals surface area contributed by atoms with E-state index in [1.807, 2.05) is 0 Å². The maximum atomic E-state index is 5.10. The number of imidazole rings is 2. The first-order chi connectivity index (χ1) is 17.8. The number of hydrogen-bond acceptors (Lipinski definition) is 1. The molecule has 166 valence electrons. The van der Waals surface area contributed by atoms with E-state index < -0.39 is 0 Å². The fourth-order valence-corrected chi connectivity index (χ4v) is 6.12. The van der Waals surface area contributed by atoms with Crippen LogP contribution in [0.1, 0.15) is 0 Å². The van der Waals surface area contributed by atoms with E-state index in [0.717, 1.165) is 16.8 Å². The lowest BCUT2D eigenvalue weighted by Gasteiger charge is -2.07. The molecule has 0 bridgehead atoms. The summed E-state index contributed by atoms with van der Waals surface area (Å²) in [7, 11) is 0. The lowest BCUT2D eigenvalue weighted by Crippen LogP contribution is -1.85. The van der Waals surface area contributed by atoms with Crippen LogP contribution in [0.3, 0.4) is 0 Å². The molecule has 0 N–H and O–H groups in total. The first kappa shape index (κ1) is 18.4. The van der Waals surface area contributed by atoms with Crippen LogP contribution in [0.25, 0.3) is 76.8 Å². The average molecular weight is 458 g/mol. The molecule has 3 aromatic heterocycles. The monoisotopic (exact) mass is 457 g/mol. The Kier molecular flexibility index (Phi) is 3.28. The Morgan fingerprint density at radius 1 is 0.444 bits per heavy atom. The highest BCUT2D eigenvalue weighted by atomic mass is 15.2. The highest BCUT2D eigenvalue weighted by molar-refractivity contribution is 6.19. The van der Waals surface area contributed by atoms with Gasteiger partial charge in [-0.3, -0.25) is 8.80 Å². The lowest BCUT2D eigenvalue weighted by atomic mass is 9.98. The summed E-state index contributed by atoms with van der Waals surface area (Å²) >= 11 is 0. The van der Waals surface area contributed by atoms with Crippen molar-refractivity contribution in [2.75, 3.05) is 0 Å². The molecule has 0 unspecified atom stereocenters. The number of rotatable bonds is 1. The zero-order chi connectivity index (χ0) is 23.4. The Bertz CT molecular complexity index is 2320. The van der Waals surface area contributed by atoms with Gasteiger partial charge in [-0.2, -0.15) is 0 Å². The third-order valence-electron chi connectivity index (χ3n) is 7.78. The van der Waals surface area contributed by atoms with Crippen LogP contribution >= 0.6 is 0 Å². The molecule has 3 heteroatoms. The molecule has 36 heavy (non-hydrogen) atoms. The van der Waals surface area contributed by atoms with Gasteiger partial charge in [-0.05, 0) is 75.1 Å². The second-order valence-corrected chi connectivity index (χ2v) is 9.74. The van der Waals surface area contributed by atoms with Crippen molar-refractivity contribution in [2.45, 2.75) is 0 Å². The van der Waals surface area contributed by atoms with Crippen LogP contribution in [-0.4, -0.2) is 13.8 Å². The fraction of sp³-hybridized carbons (Fsp3) is 0. The number of aromatic nitrogens is 3. The van der Waals surface area contributed by atoms with E-state index in [0.29, 0.717) is 0 Å². The van der Waals surface area contributed by atoms with Gasteiger partial charge in [0.25, 0.3) is 0 Å². The molecule has 0 saturated carbocycles. The van der Waals surface area contributed by atoms with Gasteiger partial charge in [0.05, 0.1) is 27.6 Å². The Labute approximate surface area is 205 Å². The van der Waals surface area contributed by atoms with Gasteiger partial charge in [0.15, 0.2) is 0 Å². The molecule has 3 nitrogen and oxygen atoms in total. The lowest BCUT2D eigenvalue weighted by molar-refractivity contribution is 1.22. The topological polar surface area (TPSA) is 21.7 Å². The Morgan fingerprint density at radius 2 is 1.17 bits per heavy atom. The summed E-state index contributed by atoms with van der Waals surface area (Å²) < 4.78 is 4.69. The predicted octanol–water partition coefficient (Wildman–Crippen LogP) is 8.46. The molecule has 0 aliphatic carbocycles. The number of benzene rings is 6. The van der Waals surface area contributed by atoms with Gasteiger partial charge in [-0.25, -0.2) is 4.98 Å². The van der Waals surface area contributed by atoms with Gasteiger partial charge < -0.3 is 0 Å². The van der Waals surface area contributed by atoms with Gasteiger partial charge in [-0.1, -0.05) is 72.8 Å². The Hall–Kier alpha value is -4.89. The second-order valence-electron chi connectivity index (χ2n) is 9.74. The van der Waals surface area contributed by atoms with Crippen LogP contribution < -0.4 is 0 Å². The molecular weight excluding hydrogens is 438 g/mol. The van der Waals surface area contributed by atoms with Gasteiger partial charge in [0, 0.05) is 10.8 Å². The van der Waals surface area contributed by atoms with Gasteiger partial charge >= 0.3 is 0 Å². The van der Waals surface area contributed by atoms with E-state index in [2.05, 4.69) is 124 Å². The summed E-state index contributed by atoms with van der Waals surface area (Å²) in [6.45, 7) is 0. The maximum absolute atomic E-state index is 5.10. The zero-order valence-electron chi connectivity index (χ0n) is 19.3. The molecule has 0 spiro atoms. The molecule has 9 aromatic rings. The van der Waals surface area contributed by atoms with E-state index in [4.69, 9.17) is 4.98 Å². The van der Waals surface area contributed by atoms with E-state index in [-0.39, 0.29) is 0 Å². The minimum Gasteiger partial charge on any atom is -0.277 e. The van der Waals surface area contributed by atoms with Crippen LogP contribution in [0.4, 0.5) is 0 Å². The standard InChI is InChI=1S/C33H19N3/c1-2-8-21-15-24(14-13-20(21)7-1)25-17-27-26-16-22-9-3-4-10-23(22)18-30(26)36-32(27)31(19-25)35-29-12-6-5-11-28(29)34-33(35)36/h1-19H. The van der Waals surface area contributed by atoms with Crippen LogP contribution in [0.5, 0.6) is 0 Å². The molecule has 6 aromatic carbocycles. The highest BCUT2D eigenvalue weighted by Crippen LogP contribution is 2.41. The largest absolute Gasteiger partial charge is 0.277 e. The van der Waals surface area contributed by atoms with Crippen LogP contribution in [0.2, 0.25) is 0 Å². The normalized spacial score (nSPS) is 12.4. The fourth-order valence-electron chi connectivity index (χ4n) is 6.12.